The van der Waals surface area contributed by atoms with Crippen LogP contribution in [-0.4, -0.2) is 17.4 Å². The van der Waals surface area contributed by atoms with E-state index in [0.717, 1.165) is 19.4 Å². The minimum atomic E-state index is -0.681. The van der Waals surface area contributed by atoms with Crippen molar-refractivity contribution in [3.8, 4) is 0 Å². The van der Waals surface area contributed by atoms with Crippen LogP contribution in [0.25, 0.3) is 0 Å². The molecule has 1 aliphatic heterocycles. The van der Waals surface area contributed by atoms with Crippen LogP contribution in [0.2, 0.25) is 0 Å². The van der Waals surface area contributed by atoms with Gasteiger partial charge in [-0.1, -0.05) is 0 Å². The molecule has 0 aromatic rings. The van der Waals surface area contributed by atoms with Gasteiger partial charge in [0.1, 0.15) is 5.72 Å². The molecule has 1 heterocycles. The van der Waals surface area contributed by atoms with Crippen molar-refractivity contribution in [2.24, 2.45) is 0 Å². The van der Waals surface area contributed by atoms with Gasteiger partial charge in [-0.3, -0.25) is 0 Å². The maximum absolute atomic E-state index is 9.03. The molecule has 1 N–H and O–H groups in total. The highest BCUT2D eigenvalue weighted by molar-refractivity contribution is 4.75. The first-order valence-corrected chi connectivity index (χ1v) is 2.62. The van der Waals surface area contributed by atoms with E-state index in [2.05, 4.69) is 5.32 Å². The Morgan fingerprint density at radius 3 is 2.57 bits per heavy atom. The van der Waals surface area contributed by atoms with E-state index in [4.69, 9.17) is 5.11 Å². The highest BCUT2D eigenvalue weighted by Crippen LogP contribution is 2.15. The number of hydrogen-bond acceptors (Lipinski definition) is 1. The lowest BCUT2D eigenvalue weighted by atomic mass is 10.2. The van der Waals surface area contributed by atoms with Crippen molar-refractivity contribution in [3.05, 3.63) is 0 Å². The minimum Gasteiger partial charge on any atom is -0.375 e. The van der Waals surface area contributed by atoms with Gasteiger partial charge in [-0.05, 0) is 19.8 Å². The van der Waals surface area contributed by atoms with Gasteiger partial charge in [0.2, 0.25) is 0 Å². The molecule has 1 rings (SSSR count). The molecule has 0 amide bonds. The predicted molar refractivity (Wildman–Crippen MR) is 26.9 cm³/mol. The Morgan fingerprint density at radius 2 is 2.43 bits per heavy atom. The Bertz CT molecular complexity index is 62.5. The molecular formula is C5H10NO. The van der Waals surface area contributed by atoms with Crippen LogP contribution in [0.4, 0.5) is 0 Å². The SMILES string of the molecule is C[C@]1(O)CCC[N]1. The topological polar surface area (TPSA) is 34.3 Å². The standard InChI is InChI=1S/C5H10NO/c1-5(7)3-2-4-6-5/h7H,2-4H2,1H3/t5-/m0/s1. The van der Waals surface area contributed by atoms with Crippen LogP contribution in [0.1, 0.15) is 19.8 Å². The van der Waals surface area contributed by atoms with Crippen LogP contribution in [0.3, 0.4) is 0 Å². The van der Waals surface area contributed by atoms with Crippen molar-refractivity contribution in [1.82, 2.24) is 5.32 Å². The fraction of sp³-hybridized carbons (Fsp3) is 1.00. The molecule has 0 unspecified atom stereocenters. The van der Waals surface area contributed by atoms with Gasteiger partial charge in [-0.2, -0.15) is 0 Å². The predicted octanol–water partition coefficient (Wildman–Crippen LogP) is 0.0931. The zero-order chi connectivity index (χ0) is 5.33. The third-order valence-electron chi connectivity index (χ3n) is 1.26. The lowest BCUT2D eigenvalue weighted by molar-refractivity contribution is 0.0414. The number of nitrogens with zero attached hydrogens (tertiary/aromatic N) is 1. The van der Waals surface area contributed by atoms with Gasteiger partial charge in [0, 0.05) is 6.54 Å². The fourth-order valence-electron chi connectivity index (χ4n) is 0.813. The van der Waals surface area contributed by atoms with E-state index in [1.165, 1.54) is 0 Å². The first-order valence-electron chi connectivity index (χ1n) is 2.62. The maximum Gasteiger partial charge on any atom is 0.128 e. The number of hydrogen-bond donors (Lipinski definition) is 1. The second-order valence-electron chi connectivity index (χ2n) is 2.20. The summed E-state index contributed by atoms with van der Waals surface area (Å²) in [5.41, 5.74) is -0.681. The van der Waals surface area contributed by atoms with Crippen LogP contribution in [0.5, 0.6) is 0 Å². The fourth-order valence-corrected chi connectivity index (χ4v) is 0.813. The van der Waals surface area contributed by atoms with E-state index < -0.39 is 5.72 Å². The van der Waals surface area contributed by atoms with Gasteiger partial charge in [0.25, 0.3) is 0 Å². The third kappa shape index (κ3) is 1.14. The number of rotatable bonds is 0. The molecule has 7 heavy (non-hydrogen) atoms. The highest BCUT2D eigenvalue weighted by Gasteiger charge is 2.25. The maximum atomic E-state index is 9.03. The summed E-state index contributed by atoms with van der Waals surface area (Å²) >= 11 is 0. The largest absolute Gasteiger partial charge is 0.375 e. The first kappa shape index (κ1) is 5.06. The number of aliphatic hydroxyl groups is 1. The second-order valence-corrected chi connectivity index (χ2v) is 2.20. The Balaban J connectivity index is 2.40. The van der Waals surface area contributed by atoms with E-state index in [1.54, 1.807) is 6.92 Å². The Morgan fingerprint density at radius 1 is 1.71 bits per heavy atom. The monoisotopic (exact) mass is 100 g/mol. The molecule has 2 nitrogen and oxygen atoms in total. The van der Waals surface area contributed by atoms with Crippen molar-refractivity contribution in [2.45, 2.75) is 25.5 Å². The third-order valence-corrected chi connectivity index (χ3v) is 1.26. The molecule has 1 radical (unpaired) electrons. The highest BCUT2D eigenvalue weighted by atomic mass is 16.3. The van der Waals surface area contributed by atoms with E-state index in [9.17, 15) is 0 Å². The molecule has 0 aromatic heterocycles. The average Bonchev–Trinajstić information content (AvgIpc) is 1.84. The normalized spacial score (nSPS) is 42.0. The average molecular weight is 100 g/mol. The molecule has 2 heteroatoms. The van der Waals surface area contributed by atoms with Crippen molar-refractivity contribution < 1.29 is 5.11 Å². The molecule has 41 valence electrons. The van der Waals surface area contributed by atoms with Gasteiger partial charge in [0.05, 0.1) is 0 Å². The Labute approximate surface area is 43.5 Å². The van der Waals surface area contributed by atoms with Crippen molar-refractivity contribution in [1.29, 1.82) is 0 Å². The molecule has 1 fully saturated rings. The zero-order valence-corrected chi connectivity index (χ0v) is 4.52. The molecule has 1 saturated heterocycles. The lowest BCUT2D eigenvalue weighted by Gasteiger charge is -2.11. The van der Waals surface area contributed by atoms with Crippen LogP contribution >= 0.6 is 0 Å². The van der Waals surface area contributed by atoms with Gasteiger partial charge >= 0.3 is 0 Å². The summed E-state index contributed by atoms with van der Waals surface area (Å²) in [5.74, 6) is 0. The molecule has 0 spiro atoms. The van der Waals surface area contributed by atoms with E-state index in [0.29, 0.717) is 0 Å². The van der Waals surface area contributed by atoms with Crippen LogP contribution in [0, 0.1) is 0 Å². The molecule has 0 saturated carbocycles. The van der Waals surface area contributed by atoms with Crippen molar-refractivity contribution in [2.75, 3.05) is 6.54 Å². The molecule has 1 aliphatic rings. The summed E-state index contributed by atoms with van der Waals surface area (Å²) in [4.78, 5) is 0. The van der Waals surface area contributed by atoms with Gasteiger partial charge < -0.3 is 5.11 Å². The summed E-state index contributed by atoms with van der Waals surface area (Å²) in [6, 6.07) is 0. The van der Waals surface area contributed by atoms with Gasteiger partial charge in [-0.15, -0.1) is 0 Å². The summed E-state index contributed by atoms with van der Waals surface area (Å²) in [6.45, 7) is 2.59. The van der Waals surface area contributed by atoms with E-state index in [1.807, 2.05) is 0 Å². The van der Waals surface area contributed by atoms with Crippen LogP contribution in [0.15, 0.2) is 0 Å². The summed E-state index contributed by atoms with van der Waals surface area (Å²) in [7, 11) is 0. The van der Waals surface area contributed by atoms with Crippen molar-refractivity contribution >= 4 is 0 Å². The lowest BCUT2D eigenvalue weighted by Crippen LogP contribution is -2.28. The Hall–Kier alpha value is -0.0800. The van der Waals surface area contributed by atoms with Gasteiger partial charge in [-0.25, -0.2) is 5.32 Å². The molecule has 1 atom stereocenters. The summed E-state index contributed by atoms with van der Waals surface area (Å²) in [6.07, 6.45) is 1.89. The summed E-state index contributed by atoms with van der Waals surface area (Å²) < 4.78 is 0. The molecule has 0 aromatic carbocycles. The van der Waals surface area contributed by atoms with Gasteiger partial charge in [0.15, 0.2) is 0 Å². The first-order chi connectivity index (χ1) is 3.21. The quantitative estimate of drug-likeness (QED) is 0.460. The molecular weight excluding hydrogens is 90.1 g/mol. The van der Waals surface area contributed by atoms with Crippen LogP contribution in [-0.2, 0) is 0 Å². The second kappa shape index (κ2) is 1.46. The van der Waals surface area contributed by atoms with Crippen LogP contribution < -0.4 is 5.32 Å². The van der Waals surface area contributed by atoms with E-state index in [-0.39, 0.29) is 0 Å². The smallest absolute Gasteiger partial charge is 0.128 e. The molecule has 0 aliphatic carbocycles. The molecule has 0 bridgehead atoms. The van der Waals surface area contributed by atoms with E-state index >= 15 is 0 Å². The minimum absolute atomic E-state index is 0.681. The zero-order valence-electron chi connectivity index (χ0n) is 4.52. The van der Waals surface area contributed by atoms with Crippen molar-refractivity contribution in [3.63, 3.8) is 0 Å². The Kier molecular flexibility index (Phi) is 1.05. The summed E-state index contributed by atoms with van der Waals surface area (Å²) in [5, 5.41) is 13.0.